The number of carbonyl (C=O) groups is 1. The van der Waals surface area contributed by atoms with Crippen LogP contribution < -0.4 is 0 Å². The average Bonchev–Trinajstić information content (AvgIpc) is 2.46. The molecular formula is C15H18FNO2. The van der Waals surface area contributed by atoms with E-state index in [1.807, 2.05) is 4.90 Å². The van der Waals surface area contributed by atoms with E-state index in [9.17, 15) is 9.18 Å². The lowest BCUT2D eigenvalue weighted by Crippen LogP contribution is -2.54. The predicted octanol–water partition coefficient (Wildman–Crippen LogP) is 2.61. The highest BCUT2D eigenvalue weighted by atomic mass is 19.1. The topological polar surface area (TPSA) is 29.5 Å². The van der Waals surface area contributed by atoms with Gasteiger partial charge in [-0.05, 0) is 25.0 Å². The molecule has 102 valence electrons. The van der Waals surface area contributed by atoms with Gasteiger partial charge in [0.2, 0.25) is 0 Å². The van der Waals surface area contributed by atoms with Crippen molar-refractivity contribution in [2.45, 2.75) is 37.8 Å². The van der Waals surface area contributed by atoms with Gasteiger partial charge in [0.05, 0.1) is 24.3 Å². The van der Waals surface area contributed by atoms with Gasteiger partial charge in [0, 0.05) is 6.54 Å². The highest BCUT2D eigenvalue weighted by Gasteiger charge is 2.37. The Hall–Kier alpha value is -1.42. The lowest BCUT2D eigenvalue weighted by molar-refractivity contribution is -0.0753. The van der Waals surface area contributed by atoms with Crippen LogP contribution in [0, 0.1) is 5.82 Å². The monoisotopic (exact) mass is 263 g/mol. The number of hydrogen-bond donors (Lipinski definition) is 0. The van der Waals surface area contributed by atoms with Crippen LogP contribution in [0.4, 0.5) is 4.39 Å². The average molecular weight is 263 g/mol. The number of morpholine rings is 1. The number of benzene rings is 1. The molecule has 1 aliphatic carbocycles. The van der Waals surface area contributed by atoms with Crippen LogP contribution >= 0.6 is 0 Å². The van der Waals surface area contributed by atoms with Gasteiger partial charge in [-0.3, -0.25) is 4.79 Å². The van der Waals surface area contributed by atoms with Crippen molar-refractivity contribution in [2.75, 3.05) is 13.2 Å². The van der Waals surface area contributed by atoms with Gasteiger partial charge in [0.25, 0.3) is 5.91 Å². The molecule has 0 N–H and O–H groups in total. The van der Waals surface area contributed by atoms with Crippen LogP contribution in [0.3, 0.4) is 0 Å². The van der Waals surface area contributed by atoms with Crippen molar-refractivity contribution in [3.8, 4) is 0 Å². The maximum Gasteiger partial charge on any atom is 0.257 e. The number of rotatable bonds is 1. The molecule has 2 atom stereocenters. The molecule has 1 heterocycles. The van der Waals surface area contributed by atoms with Gasteiger partial charge in [0.15, 0.2) is 0 Å². The van der Waals surface area contributed by atoms with Crippen LogP contribution in [0.1, 0.15) is 36.0 Å². The lowest BCUT2D eigenvalue weighted by Gasteiger charge is -2.43. The molecule has 1 saturated carbocycles. The van der Waals surface area contributed by atoms with E-state index in [0.717, 1.165) is 25.7 Å². The summed E-state index contributed by atoms with van der Waals surface area (Å²) in [5, 5.41) is 0. The molecule has 1 aliphatic heterocycles. The molecule has 1 aromatic carbocycles. The molecule has 4 heteroatoms. The summed E-state index contributed by atoms with van der Waals surface area (Å²) >= 11 is 0. The summed E-state index contributed by atoms with van der Waals surface area (Å²) in [6, 6.07) is 6.33. The summed E-state index contributed by atoms with van der Waals surface area (Å²) in [7, 11) is 0. The molecule has 3 nitrogen and oxygen atoms in total. The van der Waals surface area contributed by atoms with E-state index in [-0.39, 0.29) is 23.6 Å². The second-order valence-electron chi connectivity index (χ2n) is 5.24. The Morgan fingerprint density at radius 2 is 2.05 bits per heavy atom. The van der Waals surface area contributed by atoms with Gasteiger partial charge in [-0.1, -0.05) is 25.0 Å². The van der Waals surface area contributed by atoms with Crippen molar-refractivity contribution < 1.29 is 13.9 Å². The van der Waals surface area contributed by atoms with Gasteiger partial charge in [0.1, 0.15) is 5.82 Å². The van der Waals surface area contributed by atoms with E-state index in [1.54, 1.807) is 18.2 Å². The summed E-state index contributed by atoms with van der Waals surface area (Å²) in [5.41, 5.74) is 0.175. The molecule has 0 radical (unpaired) electrons. The molecule has 3 rings (SSSR count). The number of amides is 1. The van der Waals surface area contributed by atoms with Crippen LogP contribution in [-0.4, -0.2) is 36.1 Å². The molecule has 2 unspecified atom stereocenters. The number of ether oxygens (including phenoxy) is 1. The second kappa shape index (κ2) is 5.29. The molecule has 2 fully saturated rings. The minimum Gasteiger partial charge on any atom is -0.374 e. The zero-order valence-corrected chi connectivity index (χ0v) is 10.8. The Morgan fingerprint density at radius 3 is 2.89 bits per heavy atom. The highest BCUT2D eigenvalue weighted by molar-refractivity contribution is 5.94. The molecular weight excluding hydrogens is 245 g/mol. The van der Waals surface area contributed by atoms with Crippen LogP contribution in [-0.2, 0) is 4.74 Å². The number of fused-ring (bicyclic) bond motifs is 1. The minimum absolute atomic E-state index is 0.120. The maximum atomic E-state index is 13.7. The number of nitrogens with zero attached hydrogens (tertiary/aromatic N) is 1. The third-order valence-electron chi connectivity index (χ3n) is 4.10. The maximum absolute atomic E-state index is 13.7. The summed E-state index contributed by atoms with van der Waals surface area (Å²) in [4.78, 5) is 14.3. The third kappa shape index (κ3) is 2.37. The van der Waals surface area contributed by atoms with Crippen molar-refractivity contribution >= 4 is 5.91 Å². The zero-order valence-electron chi connectivity index (χ0n) is 10.8. The van der Waals surface area contributed by atoms with Gasteiger partial charge < -0.3 is 9.64 Å². The first kappa shape index (κ1) is 12.6. The van der Waals surface area contributed by atoms with Gasteiger partial charge >= 0.3 is 0 Å². The fourth-order valence-electron chi connectivity index (χ4n) is 3.14. The molecule has 0 spiro atoms. The molecule has 1 aromatic rings. The quantitative estimate of drug-likeness (QED) is 0.779. The van der Waals surface area contributed by atoms with Crippen LogP contribution in [0.25, 0.3) is 0 Å². The van der Waals surface area contributed by atoms with Crippen LogP contribution in [0.5, 0.6) is 0 Å². The van der Waals surface area contributed by atoms with Crippen molar-refractivity contribution in [2.24, 2.45) is 0 Å². The van der Waals surface area contributed by atoms with Crippen LogP contribution in [0.15, 0.2) is 24.3 Å². The summed E-state index contributed by atoms with van der Waals surface area (Å²) < 4.78 is 19.5. The predicted molar refractivity (Wildman–Crippen MR) is 69.4 cm³/mol. The van der Waals surface area contributed by atoms with E-state index in [1.165, 1.54) is 6.07 Å². The normalized spacial score (nSPS) is 26.9. The van der Waals surface area contributed by atoms with Gasteiger partial charge in [-0.25, -0.2) is 4.39 Å². The molecule has 1 saturated heterocycles. The van der Waals surface area contributed by atoms with Gasteiger partial charge in [-0.2, -0.15) is 0 Å². The Labute approximate surface area is 112 Å². The Bertz CT molecular complexity index is 475. The smallest absolute Gasteiger partial charge is 0.257 e. The number of hydrogen-bond acceptors (Lipinski definition) is 2. The largest absolute Gasteiger partial charge is 0.374 e. The zero-order chi connectivity index (χ0) is 13.2. The summed E-state index contributed by atoms with van der Waals surface area (Å²) in [6.45, 7) is 1.12. The third-order valence-corrected chi connectivity index (χ3v) is 4.10. The van der Waals surface area contributed by atoms with Gasteiger partial charge in [-0.15, -0.1) is 0 Å². The van der Waals surface area contributed by atoms with Crippen LogP contribution in [0.2, 0.25) is 0 Å². The number of halogens is 1. The first-order valence-corrected chi connectivity index (χ1v) is 6.94. The van der Waals surface area contributed by atoms with E-state index in [0.29, 0.717) is 13.2 Å². The molecule has 19 heavy (non-hydrogen) atoms. The van der Waals surface area contributed by atoms with E-state index in [2.05, 4.69) is 0 Å². The van der Waals surface area contributed by atoms with Crippen molar-refractivity contribution in [3.63, 3.8) is 0 Å². The lowest BCUT2D eigenvalue weighted by atomic mass is 9.89. The highest BCUT2D eigenvalue weighted by Crippen LogP contribution is 2.29. The van der Waals surface area contributed by atoms with E-state index < -0.39 is 5.82 Å². The SMILES string of the molecule is O=C(c1ccccc1F)N1CCOC2CCCCC21. The molecule has 0 aromatic heterocycles. The second-order valence-corrected chi connectivity index (χ2v) is 5.24. The van der Waals surface area contributed by atoms with Crippen molar-refractivity contribution in [3.05, 3.63) is 35.6 Å². The summed E-state index contributed by atoms with van der Waals surface area (Å²) in [5.74, 6) is -0.635. The van der Waals surface area contributed by atoms with Crippen molar-refractivity contribution in [1.82, 2.24) is 4.90 Å². The fraction of sp³-hybridized carbons (Fsp3) is 0.533. The van der Waals surface area contributed by atoms with E-state index in [4.69, 9.17) is 4.74 Å². The van der Waals surface area contributed by atoms with E-state index >= 15 is 0 Å². The summed E-state index contributed by atoms with van der Waals surface area (Å²) in [6.07, 6.45) is 4.38. The first-order chi connectivity index (χ1) is 9.27. The molecule has 0 bridgehead atoms. The minimum atomic E-state index is -0.439. The molecule has 1 amide bonds. The standard InChI is InChI=1S/C15H18FNO2/c16-12-6-2-1-5-11(12)15(18)17-9-10-19-14-8-4-3-7-13(14)17/h1-2,5-6,13-14H,3-4,7-10H2. The first-order valence-electron chi connectivity index (χ1n) is 6.94. The van der Waals surface area contributed by atoms with Crippen molar-refractivity contribution in [1.29, 1.82) is 0 Å². The Kier molecular flexibility index (Phi) is 3.51. The Balaban J connectivity index is 1.84. The number of carbonyl (C=O) groups excluding carboxylic acids is 1. The Morgan fingerprint density at radius 1 is 1.26 bits per heavy atom. The fourth-order valence-corrected chi connectivity index (χ4v) is 3.14. The molecule has 2 aliphatic rings.